The van der Waals surface area contributed by atoms with Crippen molar-refractivity contribution in [1.29, 1.82) is 0 Å². The Morgan fingerprint density at radius 3 is 2.65 bits per heavy atom. The molecule has 43 heavy (non-hydrogen) atoms. The van der Waals surface area contributed by atoms with Gasteiger partial charge in [0, 0.05) is 12.1 Å². The molecule has 1 aliphatic rings. The Labute approximate surface area is 249 Å². The number of halogens is 3. The minimum atomic E-state index is -4.76. The fourth-order valence-electron chi connectivity index (χ4n) is 4.52. The second-order valence-electron chi connectivity index (χ2n) is 9.64. The largest absolute Gasteiger partial charge is 0.573 e. The average molecular weight is 609 g/mol. The van der Waals surface area contributed by atoms with E-state index in [2.05, 4.69) is 25.1 Å². The van der Waals surface area contributed by atoms with Crippen LogP contribution in [-0.2, 0) is 12.8 Å². The van der Waals surface area contributed by atoms with E-state index in [1.165, 1.54) is 40.2 Å². The molecule has 5 rings (SSSR count). The first-order chi connectivity index (χ1) is 20.6. The van der Waals surface area contributed by atoms with Gasteiger partial charge in [-0.25, -0.2) is 14.5 Å². The number of thioether (sulfide) groups is 1. The van der Waals surface area contributed by atoms with Crippen LogP contribution in [0.4, 0.5) is 28.4 Å². The van der Waals surface area contributed by atoms with E-state index in [9.17, 15) is 22.8 Å². The summed E-state index contributed by atoms with van der Waals surface area (Å²) in [6, 6.07) is 18.2. The lowest BCUT2D eigenvalue weighted by molar-refractivity contribution is -0.274. The highest BCUT2D eigenvalue weighted by atomic mass is 32.2. The van der Waals surface area contributed by atoms with Gasteiger partial charge in [-0.3, -0.25) is 9.69 Å². The van der Waals surface area contributed by atoms with E-state index in [1.807, 2.05) is 56.3 Å². The zero-order chi connectivity index (χ0) is 30.6. The molecule has 3 amide bonds. The highest BCUT2D eigenvalue weighted by Crippen LogP contribution is 2.31. The van der Waals surface area contributed by atoms with E-state index in [1.54, 1.807) is 0 Å². The lowest BCUT2D eigenvalue weighted by Crippen LogP contribution is -2.32. The second kappa shape index (κ2) is 12.7. The lowest BCUT2D eigenvalue weighted by Gasteiger charge is -2.20. The van der Waals surface area contributed by atoms with Crippen LogP contribution >= 0.6 is 11.8 Å². The Morgan fingerprint density at radius 1 is 1.12 bits per heavy atom. The number of nitrogens with one attached hydrogen (secondary N) is 1. The van der Waals surface area contributed by atoms with Crippen molar-refractivity contribution in [3.63, 3.8) is 0 Å². The number of anilines is 1. The number of nitrogens with zero attached hydrogens (tertiary/aromatic N) is 5. The molecule has 0 bridgehead atoms. The number of rotatable bonds is 8. The summed E-state index contributed by atoms with van der Waals surface area (Å²) in [4.78, 5) is 35.4. The van der Waals surface area contributed by atoms with Crippen LogP contribution in [0.1, 0.15) is 23.6 Å². The molecular formula is C30H27F3N6O3S. The zero-order valence-electron chi connectivity index (χ0n) is 23.3. The van der Waals surface area contributed by atoms with Gasteiger partial charge in [0.05, 0.1) is 17.1 Å². The summed E-state index contributed by atoms with van der Waals surface area (Å²) < 4.78 is 42.6. The minimum absolute atomic E-state index is 0.160. The quantitative estimate of drug-likeness (QED) is 0.238. The van der Waals surface area contributed by atoms with Crippen LogP contribution in [0.3, 0.4) is 0 Å². The first kappa shape index (κ1) is 29.8. The molecule has 13 heteroatoms. The van der Waals surface area contributed by atoms with Crippen molar-refractivity contribution in [2.75, 3.05) is 17.2 Å². The van der Waals surface area contributed by atoms with Gasteiger partial charge in [0.2, 0.25) is 0 Å². The van der Waals surface area contributed by atoms with Gasteiger partial charge in [-0.15, -0.1) is 18.3 Å². The third-order valence-corrected chi connectivity index (χ3v) is 7.39. The third-order valence-electron chi connectivity index (χ3n) is 6.56. The second-order valence-corrected chi connectivity index (χ2v) is 10.6. The number of aliphatic imine (C=N–C) groups is 1. The molecular weight excluding hydrogens is 581 g/mol. The van der Waals surface area contributed by atoms with Crippen molar-refractivity contribution in [3.8, 4) is 22.8 Å². The molecule has 0 saturated carbocycles. The summed E-state index contributed by atoms with van der Waals surface area (Å²) in [5, 5.41) is 7.08. The highest BCUT2D eigenvalue weighted by molar-refractivity contribution is 8.15. The number of urea groups is 1. The lowest BCUT2D eigenvalue weighted by atomic mass is 10.1. The smallest absolute Gasteiger partial charge is 0.406 e. The summed E-state index contributed by atoms with van der Waals surface area (Å²) in [6.45, 7) is 4.29. The zero-order valence-corrected chi connectivity index (χ0v) is 24.1. The molecule has 1 aromatic heterocycles. The van der Waals surface area contributed by atoms with E-state index >= 15 is 0 Å². The van der Waals surface area contributed by atoms with E-state index < -0.39 is 12.4 Å². The molecule has 222 valence electrons. The number of alkyl halides is 3. The summed E-state index contributed by atoms with van der Waals surface area (Å²) in [5.41, 5.74) is 4.95. The topological polar surface area (TPSA) is 102 Å². The summed E-state index contributed by atoms with van der Waals surface area (Å²) in [5.74, 6) is 0.821. The van der Waals surface area contributed by atoms with Gasteiger partial charge in [-0.05, 0) is 72.9 Å². The maximum atomic E-state index is 12.7. The molecule has 4 aromatic rings. The predicted molar refractivity (Wildman–Crippen MR) is 159 cm³/mol. The van der Waals surface area contributed by atoms with Gasteiger partial charge >= 0.3 is 12.4 Å². The Morgan fingerprint density at radius 2 is 1.91 bits per heavy atom. The number of carbonyl (C=O) groups excluding carboxylic acids is 2. The van der Waals surface area contributed by atoms with Crippen LogP contribution in [0, 0.1) is 6.92 Å². The van der Waals surface area contributed by atoms with Gasteiger partial charge in [0.25, 0.3) is 5.24 Å². The maximum absolute atomic E-state index is 12.7. The number of hydrogen-bond donors (Lipinski definition) is 1. The molecule has 3 aromatic carbocycles. The molecule has 0 unspecified atom stereocenters. The monoisotopic (exact) mass is 608 g/mol. The van der Waals surface area contributed by atoms with Crippen molar-refractivity contribution in [2.24, 2.45) is 4.99 Å². The van der Waals surface area contributed by atoms with E-state index in [-0.39, 0.29) is 11.0 Å². The standard InChI is InChI=1S/C30H27F3N6O3S/c1-3-21-8-7-19(2)15-25(21)39-26(17-43-29(39)41)36-28(40)34-14-13-20-5-4-6-22(16-20)27-35-18-38(37-27)23-9-11-24(12-10-23)42-30(31,32)33/h4-12,15-16,18H,3,13-14,17H2,1-2H3,(H,34,40)/b36-26+. The van der Waals surface area contributed by atoms with Crippen LogP contribution in [0.5, 0.6) is 5.75 Å². The van der Waals surface area contributed by atoms with Gasteiger partial charge in [0.15, 0.2) is 5.82 Å². The first-order valence-electron chi connectivity index (χ1n) is 13.4. The molecule has 1 fully saturated rings. The molecule has 1 aliphatic heterocycles. The molecule has 0 atom stereocenters. The maximum Gasteiger partial charge on any atom is 0.573 e. The third kappa shape index (κ3) is 7.41. The van der Waals surface area contributed by atoms with E-state index in [4.69, 9.17) is 0 Å². The van der Waals surface area contributed by atoms with Crippen LogP contribution in [0.25, 0.3) is 17.1 Å². The molecule has 0 aliphatic carbocycles. The van der Waals surface area contributed by atoms with Gasteiger partial charge in [-0.1, -0.05) is 49.0 Å². The average Bonchev–Trinajstić information content (AvgIpc) is 3.60. The van der Waals surface area contributed by atoms with Gasteiger partial charge < -0.3 is 10.1 Å². The molecule has 9 nitrogen and oxygen atoms in total. The van der Waals surface area contributed by atoms with Crippen molar-refractivity contribution < 1.29 is 27.5 Å². The Kier molecular flexibility index (Phi) is 8.81. The Bertz CT molecular complexity index is 1670. The first-order valence-corrected chi connectivity index (χ1v) is 14.4. The van der Waals surface area contributed by atoms with E-state index in [0.717, 1.165) is 46.1 Å². The van der Waals surface area contributed by atoms with Crippen LogP contribution in [0.15, 0.2) is 78.0 Å². The number of amidine groups is 1. The van der Waals surface area contributed by atoms with Crippen molar-refractivity contribution in [1.82, 2.24) is 20.1 Å². The fourth-order valence-corrected chi connectivity index (χ4v) is 5.30. The summed E-state index contributed by atoms with van der Waals surface area (Å²) in [6.07, 6.45) is -2.04. The molecule has 2 heterocycles. The SMILES string of the molecule is CCc1ccc(C)cc1N1C(=O)SC/C1=N\C(=O)NCCc1cccc(-c2ncn(-c3ccc(OC(F)(F)F)cc3)n2)c1. The molecule has 0 spiro atoms. The summed E-state index contributed by atoms with van der Waals surface area (Å²) >= 11 is 1.11. The van der Waals surface area contributed by atoms with E-state index in [0.29, 0.717) is 36.1 Å². The van der Waals surface area contributed by atoms with Crippen LogP contribution in [0.2, 0.25) is 0 Å². The summed E-state index contributed by atoms with van der Waals surface area (Å²) in [7, 11) is 0. The highest BCUT2D eigenvalue weighted by Gasteiger charge is 2.32. The Hall–Kier alpha value is -4.65. The normalized spacial score (nSPS) is 14.4. The molecule has 0 radical (unpaired) electrons. The minimum Gasteiger partial charge on any atom is -0.406 e. The number of ether oxygens (including phenoxy) is 1. The number of aryl methyl sites for hydroxylation is 2. The van der Waals surface area contributed by atoms with Gasteiger partial charge in [-0.2, -0.15) is 4.99 Å². The number of carbonyl (C=O) groups is 2. The Balaban J connectivity index is 1.20. The molecule has 1 saturated heterocycles. The number of benzene rings is 3. The van der Waals surface area contributed by atoms with Crippen molar-refractivity contribution in [2.45, 2.75) is 33.1 Å². The van der Waals surface area contributed by atoms with Crippen molar-refractivity contribution >= 4 is 34.6 Å². The number of amides is 3. The van der Waals surface area contributed by atoms with Gasteiger partial charge in [0.1, 0.15) is 17.9 Å². The van der Waals surface area contributed by atoms with Crippen LogP contribution in [-0.4, -0.2) is 50.5 Å². The molecule has 1 N–H and O–H groups in total. The van der Waals surface area contributed by atoms with Crippen LogP contribution < -0.4 is 15.0 Å². The predicted octanol–water partition coefficient (Wildman–Crippen LogP) is 6.73. The number of hydrogen-bond acceptors (Lipinski definition) is 6. The fraction of sp³-hybridized carbons (Fsp3) is 0.233. The number of aromatic nitrogens is 3. The van der Waals surface area contributed by atoms with Crippen molar-refractivity contribution in [3.05, 3.63) is 89.7 Å².